The molecular formula is C12H15ClN4O. The van der Waals surface area contributed by atoms with Crippen molar-refractivity contribution in [3.05, 3.63) is 23.6 Å². The van der Waals surface area contributed by atoms with Crippen LogP contribution in [-0.2, 0) is 4.74 Å². The van der Waals surface area contributed by atoms with Crippen LogP contribution in [0, 0.1) is 0 Å². The highest BCUT2D eigenvalue weighted by molar-refractivity contribution is 6.34. The van der Waals surface area contributed by atoms with E-state index in [1.54, 1.807) is 19.5 Å². The summed E-state index contributed by atoms with van der Waals surface area (Å²) in [5.74, 6) is 0.660. The number of hydrogen-bond donors (Lipinski definition) is 1. The van der Waals surface area contributed by atoms with E-state index in [0.29, 0.717) is 17.5 Å². The smallest absolute Gasteiger partial charge is 0.159 e. The highest BCUT2D eigenvalue weighted by Crippen LogP contribution is 2.25. The van der Waals surface area contributed by atoms with Crippen molar-refractivity contribution in [3.8, 4) is 0 Å². The minimum atomic E-state index is -0.282. The molecule has 0 aliphatic rings. The third-order valence-corrected chi connectivity index (χ3v) is 3.05. The van der Waals surface area contributed by atoms with Crippen molar-refractivity contribution in [1.82, 2.24) is 15.2 Å². The van der Waals surface area contributed by atoms with Crippen molar-refractivity contribution >= 4 is 28.2 Å². The average Bonchev–Trinajstić information content (AvgIpc) is 2.38. The van der Waals surface area contributed by atoms with Crippen LogP contribution in [0.2, 0.25) is 5.15 Å². The second kappa shape index (κ2) is 5.04. The minimum Gasteiger partial charge on any atom is -0.377 e. The predicted molar refractivity (Wildman–Crippen MR) is 71.9 cm³/mol. The molecule has 0 aromatic carbocycles. The second-order valence-electron chi connectivity index (χ2n) is 4.58. The molecule has 18 heavy (non-hydrogen) atoms. The first-order chi connectivity index (χ1) is 8.53. The van der Waals surface area contributed by atoms with Gasteiger partial charge >= 0.3 is 0 Å². The first-order valence-electron chi connectivity index (χ1n) is 5.58. The molecular weight excluding hydrogens is 252 g/mol. The molecule has 0 atom stereocenters. The van der Waals surface area contributed by atoms with Crippen molar-refractivity contribution in [1.29, 1.82) is 0 Å². The van der Waals surface area contributed by atoms with Crippen LogP contribution in [0.3, 0.4) is 0 Å². The van der Waals surface area contributed by atoms with Gasteiger partial charge in [0.25, 0.3) is 0 Å². The summed E-state index contributed by atoms with van der Waals surface area (Å²) < 4.78 is 5.34. The molecule has 0 aliphatic heterocycles. The summed E-state index contributed by atoms with van der Waals surface area (Å²) in [6, 6.07) is 1.82. The highest BCUT2D eigenvalue weighted by atomic mass is 35.5. The molecule has 6 heteroatoms. The van der Waals surface area contributed by atoms with Crippen molar-refractivity contribution in [3.63, 3.8) is 0 Å². The molecule has 0 saturated carbocycles. The molecule has 5 nitrogen and oxygen atoms in total. The van der Waals surface area contributed by atoms with Crippen LogP contribution >= 0.6 is 11.6 Å². The van der Waals surface area contributed by atoms with E-state index in [-0.39, 0.29) is 5.60 Å². The normalized spacial score (nSPS) is 11.8. The van der Waals surface area contributed by atoms with Crippen molar-refractivity contribution in [2.45, 2.75) is 19.4 Å². The summed E-state index contributed by atoms with van der Waals surface area (Å²) in [4.78, 5) is 4.08. The number of methoxy groups -OCH3 is 1. The van der Waals surface area contributed by atoms with E-state index in [1.165, 1.54) is 0 Å². The standard InChI is InChI=1S/C12H15ClN4O/c1-12(2,18-3)7-15-11-9-6-14-5-4-8(9)10(13)16-17-11/h4-6H,7H2,1-3H3,(H,15,17). The van der Waals surface area contributed by atoms with Gasteiger partial charge in [0.15, 0.2) is 11.0 Å². The zero-order valence-corrected chi connectivity index (χ0v) is 11.3. The monoisotopic (exact) mass is 266 g/mol. The lowest BCUT2D eigenvalue weighted by Gasteiger charge is -2.23. The molecule has 0 bridgehead atoms. The van der Waals surface area contributed by atoms with E-state index in [1.807, 2.05) is 19.9 Å². The lowest BCUT2D eigenvalue weighted by molar-refractivity contribution is 0.0343. The van der Waals surface area contributed by atoms with Gasteiger partial charge in [-0.3, -0.25) is 4.98 Å². The Morgan fingerprint density at radius 2 is 2.11 bits per heavy atom. The third kappa shape index (κ3) is 2.68. The second-order valence-corrected chi connectivity index (χ2v) is 4.94. The summed E-state index contributed by atoms with van der Waals surface area (Å²) in [5, 5.41) is 13.2. The van der Waals surface area contributed by atoms with Crippen LogP contribution in [-0.4, -0.2) is 34.4 Å². The van der Waals surface area contributed by atoms with Crippen LogP contribution < -0.4 is 5.32 Å². The fourth-order valence-corrected chi connectivity index (χ4v) is 1.67. The fraction of sp³-hybridized carbons (Fsp3) is 0.417. The van der Waals surface area contributed by atoms with Crippen molar-refractivity contribution in [2.75, 3.05) is 19.0 Å². The first kappa shape index (κ1) is 13.0. The molecule has 96 valence electrons. The van der Waals surface area contributed by atoms with E-state index in [2.05, 4.69) is 20.5 Å². The van der Waals surface area contributed by atoms with Gasteiger partial charge in [0.2, 0.25) is 0 Å². The maximum atomic E-state index is 5.99. The van der Waals surface area contributed by atoms with Crippen LogP contribution in [0.25, 0.3) is 10.8 Å². The molecule has 0 saturated heterocycles. The van der Waals surface area contributed by atoms with Crippen molar-refractivity contribution in [2.24, 2.45) is 0 Å². The summed E-state index contributed by atoms with van der Waals surface area (Å²) >= 11 is 5.99. The van der Waals surface area contributed by atoms with E-state index in [4.69, 9.17) is 16.3 Å². The largest absolute Gasteiger partial charge is 0.377 e. The molecule has 0 unspecified atom stereocenters. The number of hydrogen-bond acceptors (Lipinski definition) is 5. The van der Waals surface area contributed by atoms with E-state index < -0.39 is 0 Å². The Morgan fingerprint density at radius 1 is 1.33 bits per heavy atom. The van der Waals surface area contributed by atoms with Crippen molar-refractivity contribution < 1.29 is 4.74 Å². The van der Waals surface area contributed by atoms with Gasteiger partial charge in [-0.15, -0.1) is 10.2 Å². The lowest BCUT2D eigenvalue weighted by atomic mass is 10.1. The van der Waals surface area contributed by atoms with Gasteiger partial charge in [-0.05, 0) is 19.9 Å². The number of pyridine rings is 1. The summed E-state index contributed by atoms with van der Waals surface area (Å²) in [7, 11) is 1.68. The van der Waals surface area contributed by atoms with Gasteiger partial charge < -0.3 is 10.1 Å². The first-order valence-corrected chi connectivity index (χ1v) is 5.96. The minimum absolute atomic E-state index is 0.282. The van der Waals surface area contributed by atoms with Crippen LogP contribution in [0.4, 0.5) is 5.82 Å². The number of aromatic nitrogens is 3. The number of fused-ring (bicyclic) bond motifs is 1. The van der Waals surface area contributed by atoms with Gasteiger partial charge in [-0.25, -0.2) is 0 Å². The van der Waals surface area contributed by atoms with E-state index >= 15 is 0 Å². The number of nitrogens with zero attached hydrogens (tertiary/aromatic N) is 3. The Morgan fingerprint density at radius 3 is 2.83 bits per heavy atom. The Kier molecular flexibility index (Phi) is 3.63. The summed E-state index contributed by atoms with van der Waals surface area (Å²) in [6.45, 7) is 4.59. The molecule has 2 heterocycles. The number of anilines is 1. The Labute approximate surface area is 111 Å². The quantitative estimate of drug-likeness (QED) is 0.921. The molecule has 2 aromatic rings. The zero-order valence-electron chi connectivity index (χ0n) is 10.6. The fourth-order valence-electron chi connectivity index (χ4n) is 1.46. The topological polar surface area (TPSA) is 59.9 Å². The Balaban J connectivity index is 2.32. The van der Waals surface area contributed by atoms with Crippen LogP contribution in [0.15, 0.2) is 18.5 Å². The number of halogens is 1. The SMILES string of the molecule is COC(C)(C)CNc1nnc(Cl)c2ccncc12. The Hall–Kier alpha value is -1.46. The van der Waals surface area contributed by atoms with Gasteiger partial charge in [-0.2, -0.15) is 0 Å². The molecule has 0 aliphatic carbocycles. The molecule has 2 rings (SSSR count). The zero-order chi connectivity index (χ0) is 13.2. The number of ether oxygens (including phenoxy) is 1. The van der Waals surface area contributed by atoms with Crippen LogP contribution in [0.1, 0.15) is 13.8 Å². The number of nitrogens with one attached hydrogen (secondary N) is 1. The van der Waals surface area contributed by atoms with Gasteiger partial charge in [-0.1, -0.05) is 11.6 Å². The highest BCUT2D eigenvalue weighted by Gasteiger charge is 2.17. The molecule has 0 radical (unpaired) electrons. The van der Waals surface area contributed by atoms with Gasteiger partial charge in [0.05, 0.1) is 5.60 Å². The van der Waals surface area contributed by atoms with Gasteiger partial charge in [0.1, 0.15) is 0 Å². The van der Waals surface area contributed by atoms with Gasteiger partial charge in [0, 0.05) is 36.8 Å². The Bertz CT molecular complexity index is 559. The number of rotatable bonds is 4. The predicted octanol–water partition coefficient (Wildman–Crippen LogP) is 2.52. The molecule has 0 spiro atoms. The maximum Gasteiger partial charge on any atom is 0.159 e. The maximum absolute atomic E-state index is 5.99. The molecule has 0 fully saturated rings. The molecule has 1 N–H and O–H groups in total. The summed E-state index contributed by atoms with van der Waals surface area (Å²) in [6.07, 6.45) is 3.40. The molecule has 0 amide bonds. The lowest BCUT2D eigenvalue weighted by Crippen LogP contribution is -2.32. The van der Waals surface area contributed by atoms with E-state index in [9.17, 15) is 0 Å². The van der Waals surface area contributed by atoms with Crippen LogP contribution in [0.5, 0.6) is 0 Å². The summed E-state index contributed by atoms with van der Waals surface area (Å²) in [5.41, 5.74) is -0.282. The average molecular weight is 267 g/mol. The van der Waals surface area contributed by atoms with E-state index in [0.717, 1.165) is 10.8 Å². The molecule has 2 aromatic heterocycles. The third-order valence-electron chi connectivity index (χ3n) is 2.77.